The van der Waals surface area contributed by atoms with Crippen molar-refractivity contribution in [1.82, 2.24) is 9.97 Å². The Morgan fingerprint density at radius 3 is 2.67 bits per heavy atom. The molecule has 0 unspecified atom stereocenters. The van der Waals surface area contributed by atoms with Gasteiger partial charge < -0.3 is 5.73 Å². The van der Waals surface area contributed by atoms with Crippen LogP contribution < -0.4 is 5.73 Å². The van der Waals surface area contributed by atoms with Crippen LogP contribution in [0.2, 0.25) is 5.02 Å². The normalized spacial score (nSPS) is 14.8. The Bertz CT molecular complexity index is 611. The summed E-state index contributed by atoms with van der Waals surface area (Å²) in [6, 6.07) is 6.19. The van der Waals surface area contributed by atoms with E-state index in [0.29, 0.717) is 17.4 Å². The Kier molecular flexibility index (Phi) is 2.67. The summed E-state index contributed by atoms with van der Waals surface area (Å²) in [6.07, 6.45) is 2.21. The van der Waals surface area contributed by atoms with E-state index in [1.807, 2.05) is 0 Å². The lowest BCUT2D eigenvalue weighted by atomic mass is 10.1. The van der Waals surface area contributed by atoms with Gasteiger partial charge in [0, 0.05) is 17.5 Å². The van der Waals surface area contributed by atoms with Crippen molar-refractivity contribution in [1.29, 1.82) is 0 Å². The van der Waals surface area contributed by atoms with Crippen LogP contribution in [-0.2, 0) is 0 Å². The van der Waals surface area contributed by atoms with Gasteiger partial charge in [0.25, 0.3) is 0 Å². The molecule has 0 radical (unpaired) electrons. The molecule has 0 saturated heterocycles. The largest absolute Gasteiger partial charge is 0.384 e. The maximum atomic E-state index is 13.1. The van der Waals surface area contributed by atoms with Crippen molar-refractivity contribution in [3.05, 3.63) is 40.9 Å². The number of hydrogen-bond donors (Lipinski definition) is 1. The van der Waals surface area contributed by atoms with Gasteiger partial charge in [0.05, 0.1) is 10.7 Å². The van der Waals surface area contributed by atoms with Gasteiger partial charge in [0.2, 0.25) is 0 Å². The highest BCUT2D eigenvalue weighted by molar-refractivity contribution is 6.31. The molecule has 3 rings (SSSR count). The van der Waals surface area contributed by atoms with Crippen LogP contribution >= 0.6 is 11.6 Å². The van der Waals surface area contributed by atoms with E-state index >= 15 is 0 Å². The van der Waals surface area contributed by atoms with Gasteiger partial charge in [-0.1, -0.05) is 11.6 Å². The summed E-state index contributed by atoms with van der Waals surface area (Å²) in [4.78, 5) is 8.69. The molecular weight excluding hydrogens is 253 g/mol. The van der Waals surface area contributed by atoms with Crippen LogP contribution in [-0.4, -0.2) is 9.97 Å². The number of hydrogen-bond acceptors (Lipinski definition) is 3. The van der Waals surface area contributed by atoms with Crippen molar-refractivity contribution in [2.45, 2.75) is 18.8 Å². The fraction of sp³-hybridized carbons (Fsp3) is 0.231. The monoisotopic (exact) mass is 263 g/mol. The van der Waals surface area contributed by atoms with Crippen molar-refractivity contribution in [3.63, 3.8) is 0 Å². The molecule has 2 N–H and O–H groups in total. The summed E-state index contributed by atoms with van der Waals surface area (Å²) in [6.45, 7) is 0. The van der Waals surface area contributed by atoms with Crippen LogP contribution in [0, 0.1) is 5.82 Å². The Hall–Kier alpha value is -1.68. The van der Waals surface area contributed by atoms with Crippen LogP contribution in [0.15, 0.2) is 24.3 Å². The van der Waals surface area contributed by atoms with E-state index in [0.717, 1.165) is 24.2 Å². The predicted octanol–water partition coefficient (Wildman–Crippen LogP) is 3.40. The second kappa shape index (κ2) is 4.21. The molecule has 2 aromatic rings. The van der Waals surface area contributed by atoms with Crippen molar-refractivity contribution in [2.24, 2.45) is 0 Å². The first-order valence-electron chi connectivity index (χ1n) is 5.73. The molecule has 18 heavy (non-hydrogen) atoms. The van der Waals surface area contributed by atoms with Crippen molar-refractivity contribution in [2.75, 3.05) is 5.73 Å². The molecule has 1 aliphatic carbocycles. The summed E-state index contributed by atoms with van der Waals surface area (Å²) in [5.74, 6) is 1.18. The minimum atomic E-state index is -0.440. The average Bonchev–Trinajstić information content (AvgIpc) is 3.16. The number of benzene rings is 1. The van der Waals surface area contributed by atoms with Crippen LogP contribution in [0.4, 0.5) is 10.2 Å². The van der Waals surface area contributed by atoms with Gasteiger partial charge in [0.1, 0.15) is 17.5 Å². The van der Waals surface area contributed by atoms with Gasteiger partial charge in [0.15, 0.2) is 0 Å². The van der Waals surface area contributed by atoms with E-state index in [2.05, 4.69) is 9.97 Å². The Morgan fingerprint density at radius 2 is 2.00 bits per heavy atom. The van der Waals surface area contributed by atoms with Gasteiger partial charge in [-0.15, -0.1) is 0 Å². The molecule has 92 valence electrons. The molecule has 0 amide bonds. The summed E-state index contributed by atoms with van der Waals surface area (Å²) in [7, 11) is 0. The minimum absolute atomic E-state index is 0.0812. The minimum Gasteiger partial charge on any atom is -0.384 e. The summed E-state index contributed by atoms with van der Waals surface area (Å²) in [5.41, 5.74) is 7.21. The molecule has 0 bridgehead atoms. The third-order valence-corrected chi connectivity index (χ3v) is 3.21. The molecule has 1 aromatic heterocycles. The van der Waals surface area contributed by atoms with E-state index < -0.39 is 5.82 Å². The smallest absolute Gasteiger partial charge is 0.141 e. The standard InChI is InChI=1S/C13H11ClFN3/c14-9-5-8(3-4-10(9)15)11-6-12(16)18-13(17-11)7-1-2-7/h3-7H,1-2H2,(H2,16,17,18). The number of nitrogens with zero attached hydrogens (tertiary/aromatic N) is 2. The van der Waals surface area contributed by atoms with Gasteiger partial charge in [-0.3, -0.25) is 0 Å². The highest BCUT2D eigenvalue weighted by atomic mass is 35.5. The summed E-state index contributed by atoms with van der Waals surface area (Å²) in [5, 5.41) is 0.0812. The number of aromatic nitrogens is 2. The molecule has 1 heterocycles. The third kappa shape index (κ3) is 2.16. The van der Waals surface area contributed by atoms with Crippen LogP contribution in [0.25, 0.3) is 11.3 Å². The first-order valence-corrected chi connectivity index (χ1v) is 6.11. The maximum absolute atomic E-state index is 13.1. The lowest BCUT2D eigenvalue weighted by molar-refractivity contribution is 0.628. The summed E-state index contributed by atoms with van der Waals surface area (Å²) >= 11 is 5.77. The molecule has 1 aromatic carbocycles. The number of rotatable bonds is 2. The molecule has 0 aliphatic heterocycles. The number of nitrogen functional groups attached to an aromatic ring is 1. The van der Waals surface area contributed by atoms with E-state index in [9.17, 15) is 4.39 Å². The molecule has 1 saturated carbocycles. The zero-order valence-corrected chi connectivity index (χ0v) is 10.3. The molecule has 5 heteroatoms. The highest BCUT2D eigenvalue weighted by Gasteiger charge is 2.27. The van der Waals surface area contributed by atoms with Gasteiger partial charge in [-0.2, -0.15) is 0 Å². The Labute approximate surface area is 109 Å². The number of halogens is 2. The zero-order chi connectivity index (χ0) is 12.7. The first-order chi connectivity index (χ1) is 8.63. The maximum Gasteiger partial charge on any atom is 0.141 e. The third-order valence-electron chi connectivity index (χ3n) is 2.92. The quantitative estimate of drug-likeness (QED) is 0.903. The lowest BCUT2D eigenvalue weighted by Crippen LogP contribution is -2.00. The van der Waals surface area contributed by atoms with E-state index in [1.165, 1.54) is 6.07 Å². The number of anilines is 1. The fourth-order valence-electron chi connectivity index (χ4n) is 1.81. The topological polar surface area (TPSA) is 51.8 Å². The van der Waals surface area contributed by atoms with Crippen molar-refractivity contribution in [3.8, 4) is 11.3 Å². The average molecular weight is 264 g/mol. The molecule has 3 nitrogen and oxygen atoms in total. The molecular formula is C13H11ClFN3. The molecule has 1 aliphatic rings. The SMILES string of the molecule is Nc1cc(-c2ccc(F)c(Cl)c2)nc(C2CC2)n1. The van der Waals surface area contributed by atoms with Crippen LogP contribution in [0.3, 0.4) is 0 Å². The zero-order valence-electron chi connectivity index (χ0n) is 9.53. The van der Waals surface area contributed by atoms with Gasteiger partial charge >= 0.3 is 0 Å². The second-order valence-electron chi connectivity index (χ2n) is 4.44. The van der Waals surface area contributed by atoms with E-state index in [1.54, 1.807) is 18.2 Å². The van der Waals surface area contributed by atoms with E-state index in [-0.39, 0.29) is 5.02 Å². The Morgan fingerprint density at radius 1 is 1.22 bits per heavy atom. The van der Waals surface area contributed by atoms with Gasteiger partial charge in [-0.05, 0) is 31.0 Å². The Balaban J connectivity index is 2.07. The van der Waals surface area contributed by atoms with Crippen LogP contribution in [0.1, 0.15) is 24.6 Å². The first kappa shape index (κ1) is 11.4. The highest BCUT2D eigenvalue weighted by Crippen LogP contribution is 2.39. The fourth-order valence-corrected chi connectivity index (χ4v) is 1.99. The van der Waals surface area contributed by atoms with Crippen molar-refractivity contribution >= 4 is 17.4 Å². The number of nitrogens with two attached hydrogens (primary N) is 1. The molecule has 0 atom stereocenters. The lowest BCUT2D eigenvalue weighted by Gasteiger charge is -2.06. The summed E-state index contributed by atoms with van der Waals surface area (Å²) < 4.78 is 13.1. The molecule has 0 spiro atoms. The van der Waals surface area contributed by atoms with Gasteiger partial charge in [-0.25, -0.2) is 14.4 Å². The van der Waals surface area contributed by atoms with Crippen LogP contribution in [0.5, 0.6) is 0 Å². The second-order valence-corrected chi connectivity index (χ2v) is 4.85. The van der Waals surface area contributed by atoms with Crippen molar-refractivity contribution < 1.29 is 4.39 Å². The predicted molar refractivity (Wildman–Crippen MR) is 68.8 cm³/mol. The molecule has 1 fully saturated rings. The van der Waals surface area contributed by atoms with E-state index in [4.69, 9.17) is 17.3 Å².